The van der Waals surface area contributed by atoms with Gasteiger partial charge >= 0.3 is 6.18 Å². The molecule has 1 fully saturated rings. The fourth-order valence-electron chi connectivity index (χ4n) is 3.21. The third-order valence-corrected chi connectivity index (χ3v) is 4.68. The molecule has 0 amide bonds. The fraction of sp³-hybridized carbons (Fsp3) is 0.650. The van der Waals surface area contributed by atoms with Gasteiger partial charge in [-0.1, -0.05) is 12.1 Å². The SMILES string of the molecule is CCNC(=NCc1ccc(OCC(F)(F)F)cc1)NCC1CCCN1CCOC. The van der Waals surface area contributed by atoms with Crippen LogP contribution in [-0.2, 0) is 11.3 Å². The second-order valence-electron chi connectivity index (χ2n) is 6.95. The van der Waals surface area contributed by atoms with Gasteiger partial charge in [0.15, 0.2) is 12.6 Å². The quantitative estimate of drug-likeness (QED) is 0.454. The number of methoxy groups -OCH3 is 1. The summed E-state index contributed by atoms with van der Waals surface area (Å²) in [7, 11) is 1.72. The minimum atomic E-state index is -4.34. The zero-order valence-corrected chi connectivity index (χ0v) is 17.1. The summed E-state index contributed by atoms with van der Waals surface area (Å²) in [5.41, 5.74) is 0.893. The molecule has 0 aliphatic carbocycles. The number of halogens is 3. The van der Waals surface area contributed by atoms with E-state index in [1.54, 1.807) is 19.2 Å². The lowest BCUT2D eigenvalue weighted by Gasteiger charge is -2.25. The number of aliphatic imine (C=N–C) groups is 1. The molecule has 1 atom stereocenters. The summed E-state index contributed by atoms with van der Waals surface area (Å²) in [6, 6.07) is 6.97. The van der Waals surface area contributed by atoms with Crippen LogP contribution >= 0.6 is 0 Å². The Balaban J connectivity index is 1.85. The first-order valence-electron chi connectivity index (χ1n) is 9.95. The predicted molar refractivity (Wildman–Crippen MR) is 107 cm³/mol. The van der Waals surface area contributed by atoms with Crippen molar-refractivity contribution in [1.29, 1.82) is 0 Å². The molecule has 0 aromatic heterocycles. The van der Waals surface area contributed by atoms with Crippen LogP contribution in [0.25, 0.3) is 0 Å². The van der Waals surface area contributed by atoms with Crippen molar-refractivity contribution in [3.8, 4) is 5.75 Å². The van der Waals surface area contributed by atoms with E-state index in [2.05, 4.69) is 20.5 Å². The van der Waals surface area contributed by atoms with E-state index in [1.807, 2.05) is 6.92 Å². The van der Waals surface area contributed by atoms with Gasteiger partial charge in [-0.05, 0) is 44.0 Å². The normalized spacial score (nSPS) is 18.1. The molecule has 2 rings (SSSR count). The molecule has 6 nitrogen and oxygen atoms in total. The van der Waals surface area contributed by atoms with Crippen molar-refractivity contribution >= 4 is 5.96 Å². The molecule has 0 saturated carbocycles. The highest BCUT2D eigenvalue weighted by Gasteiger charge is 2.28. The van der Waals surface area contributed by atoms with Crippen LogP contribution in [-0.4, -0.2) is 69.6 Å². The molecule has 2 N–H and O–H groups in total. The van der Waals surface area contributed by atoms with Crippen molar-refractivity contribution < 1.29 is 22.6 Å². The van der Waals surface area contributed by atoms with Crippen molar-refractivity contribution in [3.05, 3.63) is 29.8 Å². The number of benzene rings is 1. The summed E-state index contributed by atoms with van der Waals surface area (Å²) in [5, 5.41) is 6.62. The van der Waals surface area contributed by atoms with Crippen molar-refractivity contribution in [2.75, 3.05) is 46.5 Å². The average Bonchev–Trinajstić information content (AvgIpc) is 3.14. The van der Waals surface area contributed by atoms with Crippen molar-refractivity contribution in [2.45, 2.75) is 38.5 Å². The summed E-state index contributed by atoms with van der Waals surface area (Å²) in [4.78, 5) is 7.01. The van der Waals surface area contributed by atoms with Crippen LogP contribution in [0.1, 0.15) is 25.3 Å². The molecule has 0 bridgehead atoms. The highest BCUT2D eigenvalue weighted by molar-refractivity contribution is 5.79. The van der Waals surface area contributed by atoms with Crippen molar-refractivity contribution in [3.63, 3.8) is 0 Å². The number of ether oxygens (including phenoxy) is 2. The number of guanidine groups is 1. The molecular weight excluding hydrogens is 385 g/mol. The van der Waals surface area contributed by atoms with Gasteiger partial charge < -0.3 is 20.1 Å². The summed E-state index contributed by atoms with van der Waals surface area (Å²) >= 11 is 0. The lowest BCUT2D eigenvalue weighted by Crippen LogP contribution is -2.45. The maximum atomic E-state index is 12.2. The lowest BCUT2D eigenvalue weighted by molar-refractivity contribution is -0.153. The van der Waals surface area contributed by atoms with Gasteiger partial charge in [-0.25, -0.2) is 4.99 Å². The first-order valence-corrected chi connectivity index (χ1v) is 9.95. The first-order chi connectivity index (χ1) is 13.9. The highest BCUT2D eigenvalue weighted by Crippen LogP contribution is 2.19. The van der Waals surface area contributed by atoms with Crippen LogP contribution in [0.4, 0.5) is 13.2 Å². The Morgan fingerprint density at radius 1 is 1.24 bits per heavy atom. The first kappa shape index (κ1) is 23.3. The minimum absolute atomic E-state index is 0.192. The maximum absolute atomic E-state index is 12.2. The van der Waals surface area contributed by atoms with E-state index in [0.29, 0.717) is 12.6 Å². The third kappa shape index (κ3) is 8.91. The smallest absolute Gasteiger partial charge is 0.422 e. The molecule has 1 saturated heterocycles. The van der Waals surface area contributed by atoms with Gasteiger partial charge in [0, 0.05) is 32.8 Å². The largest absolute Gasteiger partial charge is 0.484 e. The number of hydrogen-bond acceptors (Lipinski definition) is 4. The van der Waals surface area contributed by atoms with E-state index in [9.17, 15) is 13.2 Å². The fourth-order valence-corrected chi connectivity index (χ4v) is 3.21. The molecule has 1 heterocycles. The lowest BCUT2D eigenvalue weighted by atomic mass is 10.2. The Kier molecular flexibility index (Phi) is 9.53. The van der Waals surface area contributed by atoms with E-state index in [1.165, 1.54) is 18.6 Å². The third-order valence-electron chi connectivity index (χ3n) is 4.68. The van der Waals surface area contributed by atoms with Gasteiger partial charge in [-0.2, -0.15) is 13.2 Å². The monoisotopic (exact) mass is 416 g/mol. The number of likely N-dealkylation sites (tertiary alicyclic amines) is 1. The number of hydrogen-bond donors (Lipinski definition) is 2. The number of nitrogens with one attached hydrogen (secondary N) is 2. The Labute approximate surface area is 170 Å². The molecule has 0 radical (unpaired) electrons. The summed E-state index contributed by atoms with van der Waals surface area (Å²) in [6.07, 6.45) is -2.00. The van der Waals surface area contributed by atoms with E-state index in [0.717, 1.165) is 50.7 Å². The summed E-state index contributed by atoms with van der Waals surface area (Å²) < 4.78 is 46.5. The maximum Gasteiger partial charge on any atom is 0.422 e. The van der Waals surface area contributed by atoms with Crippen LogP contribution < -0.4 is 15.4 Å². The average molecular weight is 416 g/mol. The summed E-state index contributed by atoms with van der Waals surface area (Å²) in [6.45, 7) is 5.44. The van der Waals surface area contributed by atoms with E-state index >= 15 is 0 Å². The predicted octanol–water partition coefficient (Wildman–Crippen LogP) is 2.79. The van der Waals surface area contributed by atoms with Gasteiger partial charge in [0.2, 0.25) is 0 Å². The zero-order chi connectivity index (χ0) is 21.1. The van der Waals surface area contributed by atoms with Gasteiger partial charge in [-0.15, -0.1) is 0 Å². The second kappa shape index (κ2) is 11.9. The van der Waals surface area contributed by atoms with Crippen molar-refractivity contribution in [2.24, 2.45) is 4.99 Å². The Morgan fingerprint density at radius 2 is 2.00 bits per heavy atom. The molecule has 164 valence electrons. The number of alkyl halides is 3. The number of rotatable bonds is 10. The second-order valence-corrected chi connectivity index (χ2v) is 6.95. The molecular formula is C20H31F3N4O2. The number of nitrogens with zero attached hydrogens (tertiary/aromatic N) is 2. The highest BCUT2D eigenvalue weighted by atomic mass is 19.4. The Bertz CT molecular complexity index is 623. The van der Waals surface area contributed by atoms with E-state index in [-0.39, 0.29) is 5.75 Å². The molecule has 1 unspecified atom stereocenters. The van der Waals surface area contributed by atoms with Gasteiger partial charge in [-0.3, -0.25) is 4.90 Å². The Morgan fingerprint density at radius 3 is 2.66 bits per heavy atom. The van der Waals surface area contributed by atoms with E-state index < -0.39 is 12.8 Å². The standard InChI is InChI=1S/C20H31F3N4O2/c1-3-24-19(26-14-17-5-4-10-27(17)11-12-28-2)25-13-16-6-8-18(9-7-16)29-15-20(21,22)23/h6-9,17H,3-5,10-15H2,1-2H3,(H2,24,25,26). The zero-order valence-electron chi connectivity index (χ0n) is 17.1. The van der Waals surface area contributed by atoms with Crippen LogP contribution in [0.2, 0.25) is 0 Å². The van der Waals surface area contributed by atoms with Crippen LogP contribution in [0, 0.1) is 0 Å². The van der Waals surface area contributed by atoms with E-state index in [4.69, 9.17) is 9.47 Å². The topological polar surface area (TPSA) is 58.1 Å². The van der Waals surface area contributed by atoms with Gasteiger partial charge in [0.25, 0.3) is 0 Å². The summed E-state index contributed by atoms with van der Waals surface area (Å²) in [5.74, 6) is 0.918. The van der Waals surface area contributed by atoms with Crippen LogP contribution in [0.5, 0.6) is 5.75 Å². The molecule has 1 aliphatic rings. The molecule has 29 heavy (non-hydrogen) atoms. The molecule has 1 aromatic carbocycles. The Hall–Kier alpha value is -2.00. The molecule has 1 aromatic rings. The minimum Gasteiger partial charge on any atom is -0.484 e. The van der Waals surface area contributed by atoms with Crippen LogP contribution in [0.15, 0.2) is 29.3 Å². The van der Waals surface area contributed by atoms with Gasteiger partial charge in [0.05, 0.1) is 13.2 Å². The van der Waals surface area contributed by atoms with Gasteiger partial charge in [0.1, 0.15) is 5.75 Å². The van der Waals surface area contributed by atoms with Crippen LogP contribution in [0.3, 0.4) is 0 Å². The molecule has 9 heteroatoms. The molecule has 0 spiro atoms. The molecule has 1 aliphatic heterocycles. The van der Waals surface area contributed by atoms with Crippen molar-refractivity contribution in [1.82, 2.24) is 15.5 Å².